The van der Waals surface area contributed by atoms with Gasteiger partial charge in [-0.25, -0.2) is 34.0 Å². The molecule has 0 aliphatic carbocycles. The molecule has 22 heteroatoms. The maximum atomic E-state index is 13.3. The van der Waals surface area contributed by atoms with Crippen molar-refractivity contribution in [3.05, 3.63) is 67.5 Å². The number of amides is 3. The Morgan fingerprint density at radius 2 is 0.782 bits per heavy atom. The monoisotopic (exact) mass is 779 g/mol. The van der Waals surface area contributed by atoms with Gasteiger partial charge in [0.05, 0.1) is 38.3 Å². The summed E-state index contributed by atoms with van der Waals surface area (Å²) in [4.78, 5) is 80.5. The van der Waals surface area contributed by atoms with Crippen molar-refractivity contribution in [1.29, 1.82) is 0 Å². The van der Waals surface area contributed by atoms with Crippen LogP contribution < -0.4 is 31.0 Å². The molecule has 0 spiro atoms. The molecular formula is C33H45N7O15. The van der Waals surface area contributed by atoms with E-state index in [1.165, 1.54) is 74.4 Å². The number of hydrogen-bond acceptors (Lipinski definition) is 13. The van der Waals surface area contributed by atoms with E-state index in [0.717, 1.165) is 23.1 Å². The van der Waals surface area contributed by atoms with Gasteiger partial charge in [-0.15, -0.1) is 0 Å². The number of ether oxygens (including phenoxy) is 3. The molecule has 55 heavy (non-hydrogen) atoms. The summed E-state index contributed by atoms with van der Waals surface area (Å²) in [5, 5.41) is 65.4. The van der Waals surface area contributed by atoms with E-state index >= 15 is 0 Å². The van der Waals surface area contributed by atoms with Crippen molar-refractivity contribution in [3.63, 3.8) is 0 Å². The third kappa shape index (κ3) is 9.17. The normalized spacial score (nSPS) is 12.9. The third-order valence-electron chi connectivity index (χ3n) is 8.70. The molecule has 0 fully saturated rings. The molecule has 0 saturated heterocycles. The summed E-state index contributed by atoms with van der Waals surface area (Å²) in [6.45, 7) is 3.11. The maximum Gasteiger partial charge on any atom is 0.414 e. The minimum absolute atomic E-state index is 0.0359. The van der Waals surface area contributed by atoms with E-state index in [0.29, 0.717) is 14.7 Å². The van der Waals surface area contributed by atoms with E-state index in [1.807, 2.05) is 0 Å². The van der Waals surface area contributed by atoms with Crippen molar-refractivity contribution in [2.24, 2.45) is 0 Å². The first-order valence-corrected chi connectivity index (χ1v) is 16.5. The van der Waals surface area contributed by atoms with Crippen molar-refractivity contribution in [2.75, 3.05) is 55.8 Å². The lowest BCUT2D eigenvalue weighted by Gasteiger charge is -2.48. The Morgan fingerprint density at radius 1 is 0.545 bits per heavy atom. The van der Waals surface area contributed by atoms with Crippen molar-refractivity contribution in [1.82, 2.24) is 18.6 Å². The Kier molecular flexibility index (Phi) is 14.8. The molecule has 3 atom stereocenters. The molecule has 3 amide bonds. The van der Waals surface area contributed by atoms with Gasteiger partial charge >= 0.3 is 18.3 Å². The van der Waals surface area contributed by atoms with Crippen molar-refractivity contribution in [3.8, 4) is 17.2 Å². The minimum atomic E-state index is -1.81. The fourth-order valence-corrected chi connectivity index (χ4v) is 6.15. The third-order valence-corrected chi connectivity index (χ3v) is 8.70. The number of aromatic hydroxyl groups is 3. The van der Waals surface area contributed by atoms with Crippen LogP contribution in [0.1, 0.15) is 20.8 Å². The Hall–Kier alpha value is -6.10. The van der Waals surface area contributed by atoms with Gasteiger partial charge in [-0.3, -0.25) is 14.4 Å². The fraction of sp³-hybridized carbons (Fsp3) is 0.455. The van der Waals surface area contributed by atoms with Gasteiger partial charge in [0.2, 0.25) is 33.5 Å². The zero-order chi connectivity index (χ0) is 41.3. The maximum absolute atomic E-state index is 13.3. The van der Waals surface area contributed by atoms with Crippen molar-refractivity contribution >= 4 is 35.7 Å². The highest BCUT2D eigenvalue weighted by Crippen LogP contribution is 2.35. The second-order valence-corrected chi connectivity index (χ2v) is 11.9. The van der Waals surface area contributed by atoms with E-state index in [1.54, 1.807) is 0 Å². The summed E-state index contributed by atoms with van der Waals surface area (Å²) >= 11 is 0. The lowest BCUT2D eigenvalue weighted by atomic mass is 10.2. The summed E-state index contributed by atoms with van der Waals surface area (Å²) in [6.07, 6.45) is -7.23. The van der Waals surface area contributed by atoms with Crippen LogP contribution in [0.5, 0.6) is 17.2 Å². The van der Waals surface area contributed by atoms with Gasteiger partial charge in [-0.05, 0) is 20.8 Å². The molecule has 0 aliphatic rings. The number of pyridine rings is 3. The van der Waals surface area contributed by atoms with Crippen LogP contribution in [0.25, 0.3) is 0 Å². The van der Waals surface area contributed by atoms with E-state index in [4.69, 9.17) is 14.2 Å². The Balaban J connectivity index is 2.50. The predicted molar refractivity (Wildman–Crippen MR) is 194 cm³/mol. The molecule has 0 aliphatic heterocycles. The van der Waals surface area contributed by atoms with E-state index in [2.05, 4.69) is 0 Å². The zero-order valence-corrected chi connectivity index (χ0v) is 30.9. The standard InChI is InChI=1S/C33H45N7O15/c1-19(38(31(47)48)28-25(44)22(41)7-10-34(28)13-16-53-4)37(20(2)39(32(49)50)29-26(45)23(42)8-11-35(29)14-17-54-5)21(3)40(33(51)52)30-27(46)24(43)9-12-36(30)15-18-55-6/h7-12,19-21,44-46H,13-18H2,1-6H3,(H,47,48)(H,49,50)(H,51,52). The average Bonchev–Trinajstić information content (AvgIpc) is 3.12. The number of carboxylic acid groups (broad SMARTS) is 3. The van der Waals surface area contributed by atoms with Crippen molar-refractivity contribution < 1.29 is 59.2 Å². The molecule has 6 N–H and O–H groups in total. The summed E-state index contributed by atoms with van der Waals surface area (Å²) in [6, 6.07) is 2.90. The summed E-state index contributed by atoms with van der Waals surface area (Å²) in [5.74, 6) is -4.96. The van der Waals surface area contributed by atoms with Gasteiger partial charge in [0.15, 0.2) is 17.5 Å². The first-order valence-electron chi connectivity index (χ1n) is 16.5. The summed E-state index contributed by atoms with van der Waals surface area (Å²) < 4.78 is 18.8. The molecule has 0 radical (unpaired) electrons. The lowest BCUT2D eigenvalue weighted by Crippen LogP contribution is -2.65. The average molecular weight is 780 g/mol. The number of rotatable bonds is 18. The number of anilines is 3. The van der Waals surface area contributed by atoms with E-state index < -0.39 is 87.8 Å². The fourth-order valence-electron chi connectivity index (χ4n) is 6.15. The molecule has 0 bridgehead atoms. The molecule has 3 unspecified atom stereocenters. The van der Waals surface area contributed by atoms with Gasteiger partial charge in [0.25, 0.3) is 0 Å². The second-order valence-electron chi connectivity index (χ2n) is 11.9. The van der Waals surface area contributed by atoms with Crippen LogP contribution in [0, 0.1) is 0 Å². The second kappa shape index (κ2) is 18.8. The first kappa shape index (κ1) is 43.3. The van der Waals surface area contributed by atoms with E-state index in [-0.39, 0.29) is 39.5 Å². The largest absolute Gasteiger partial charge is 0.502 e. The number of aromatic nitrogens is 3. The molecule has 3 rings (SSSR count). The molecular weight excluding hydrogens is 734 g/mol. The van der Waals surface area contributed by atoms with Crippen molar-refractivity contribution in [2.45, 2.75) is 58.9 Å². The molecule has 0 saturated carbocycles. The van der Waals surface area contributed by atoms with Crippen LogP contribution in [0.2, 0.25) is 0 Å². The number of carbonyl (C=O) groups is 3. The Bertz CT molecular complexity index is 1800. The summed E-state index contributed by atoms with van der Waals surface area (Å²) in [7, 11) is 4.05. The highest BCUT2D eigenvalue weighted by molar-refractivity contribution is 5.90. The van der Waals surface area contributed by atoms with Crippen LogP contribution in [0.3, 0.4) is 0 Å². The molecule has 302 valence electrons. The minimum Gasteiger partial charge on any atom is -0.502 e. The van der Waals surface area contributed by atoms with Gasteiger partial charge in [-0.1, -0.05) is 0 Å². The molecule has 3 aromatic heterocycles. The van der Waals surface area contributed by atoms with Gasteiger partial charge in [-0.2, -0.15) is 0 Å². The van der Waals surface area contributed by atoms with Crippen LogP contribution in [-0.2, 0) is 33.8 Å². The van der Waals surface area contributed by atoms with E-state index in [9.17, 15) is 59.4 Å². The van der Waals surface area contributed by atoms with Gasteiger partial charge < -0.3 is 58.6 Å². The molecule has 22 nitrogen and oxygen atoms in total. The first-order chi connectivity index (χ1) is 26.0. The Morgan fingerprint density at radius 3 is 0.982 bits per heavy atom. The SMILES string of the molecule is COCCn1ccc(=O)c(O)c1N(C(=O)O)C(C)N(C(C)N(C(=O)O)c1c(O)c(=O)ccn1CCOC)C(C)N(C(=O)O)c1c(O)c(=O)ccn1CCOC. The number of methoxy groups -OCH3 is 3. The topological polar surface area (TPSA) is 279 Å². The number of nitrogens with zero attached hydrogens (tertiary/aromatic N) is 7. The highest BCUT2D eigenvalue weighted by Gasteiger charge is 2.44. The predicted octanol–water partition coefficient (Wildman–Crippen LogP) is 1.42. The molecule has 3 aromatic rings. The van der Waals surface area contributed by atoms with Crippen LogP contribution in [-0.4, -0.2) is 127 Å². The van der Waals surface area contributed by atoms with Gasteiger partial charge in [0, 0.05) is 77.8 Å². The molecule has 0 aromatic carbocycles. The van der Waals surface area contributed by atoms with Crippen LogP contribution >= 0.6 is 0 Å². The number of hydrogen-bond donors (Lipinski definition) is 6. The van der Waals surface area contributed by atoms with Crippen LogP contribution in [0.4, 0.5) is 31.8 Å². The highest BCUT2D eigenvalue weighted by atomic mass is 16.5. The quantitative estimate of drug-likeness (QED) is 0.0996. The van der Waals surface area contributed by atoms with Crippen LogP contribution in [0.15, 0.2) is 51.2 Å². The summed E-state index contributed by atoms with van der Waals surface area (Å²) in [5.41, 5.74) is -2.99. The Labute approximate surface area is 313 Å². The molecule has 3 heterocycles. The lowest BCUT2D eigenvalue weighted by molar-refractivity contribution is 0.0851. The smallest absolute Gasteiger partial charge is 0.414 e. The zero-order valence-electron chi connectivity index (χ0n) is 30.9. The van der Waals surface area contributed by atoms with Gasteiger partial charge in [0.1, 0.15) is 0 Å².